The van der Waals surface area contributed by atoms with E-state index in [1.807, 2.05) is 5.32 Å². The minimum absolute atomic E-state index is 0.0360. The lowest BCUT2D eigenvalue weighted by molar-refractivity contribution is 0.146. The first-order chi connectivity index (χ1) is 8.00. The van der Waals surface area contributed by atoms with Crippen LogP contribution in [0.1, 0.15) is 5.56 Å². The van der Waals surface area contributed by atoms with Crippen molar-refractivity contribution in [2.24, 2.45) is 0 Å². The lowest BCUT2D eigenvalue weighted by atomic mass is 10.2. The maximum Gasteiger partial charge on any atom is 0.315 e. The number of alkyl halides is 2. The molecule has 94 valence electrons. The molecule has 2 amide bonds. The van der Waals surface area contributed by atoms with Crippen LogP contribution in [0, 0.1) is 5.82 Å². The van der Waals surface area contributed by atoms with Gasteiger partial charge in [0.25, 0.3) is 6.43 Å². The Morgan fingerprint density at radius 3 is 2.71 bits per heavy atom. The van der Waals surface area contributed by atoms with E-state index in [0.29, 0.717) is 5.56 Å². The van der Waals surface area contributed by atoms with Gasteiger partial charge in [0.1, 0.15) is 5.82 Å². The number of hydrogen-bond acceptors (Lipinski definition) is 1. The molecule has 0 saturated heterocycles. The minimum Gasteiger partial charge on any atom is -0.334 e. The van der Waals surface area contributed by atoms with Crippen molar-refractivity contribution in [3.63, 3.8) is 0 Å². The van der Waals surface area contributed by atoms with Crippen LogP contribution in [0.5, 0.6) is 0 Å². The molecule has 0 saturated carbocycles. The van der Waals surface area contributed by atoms with Gasteiger partial charge in [-0.05, 0) is 11.6 Å². The zero-order valence-corrected chi connectivity index (χ0v) is 9.40. The van der Waals surface area contributed by atoms with Crippen molar-refractivity contribution in [3.8, 4) is 0 Å². The van der Waals surface area contributed by atoms with Gasteiger partial charge in [-0.25, -0.2) is 18.0 Å². The largest absolute Gasteiger partial charge is 0.334 e. The van der Waals surface area contributed by atoms with E-state index in [2.05, 4.69) is 5.32 Å². The maximum absolute atomic E-state index is 13.0. The number of carbonyl (C=O) groups excluding carboxylic acids is 1. The third-order valence-electron chi connectivity index (χ3n) is 1.89. The molecule has 3 nitrogen and oxygen atoms in total. The standard InChI is InChI=1S/C10H10ClF3N2O/c11-9-6(2-1-3-7(9)12)4-15-10(17)16-5-8(13)14/h1-3,8H,4-5H2,(H2,15,16,17). The molecule has 17 heavy (non-hydrogen) atoms. The van der Waals surface area contributed by atoms with Crippen molar-refractivity contribution in [2.45, 2.75) is 13.0 Å². The first-order valence-corrected chi connectivity index (χ1v) is 5.11. The average molecular weight is 267 g/mol. The van der Waals surface area contributed by atoms with Gasteiger partial charge in [-0.15, -0.1) is 0 Å². The van der Waals surface area contributed by atoms with Gasteiger partial charge >= 0.3 is 6.03 Å². The van der Waals surface area contributed by atoms with Crippen LogP contribution in [-0.4, -0.2) is 19.0 Å². The molecule has 0 radical (unpaired) electrons. The van der Waals surface area contributed by atoms with Gasteiger partial charge in [0.05, 0.1) is 11.6 Å². The molecule has 0 bridgehead atoms. The second-order valence-corrected chi connectivity index (χ2v) is 3.55. The fraction of sp³-hybridized carbons (Fsp3) is 0.300. The van der Waals surface area contributed by atoms with Crippen LogP contribution >= 0.6 is 11.6 Å². The van der Waals surface area contributed by atoms with Gasteiger partial charge in [-0.3, -0.25) is 0 Å². The summed E-state index contributed by atoms with van der Waals surface area (Å²) in [6.45, 7) is -0.769. The van der Waals surface area contributed by atoms with Crippen molar-refractivity contribution in [3.05, 3.63) is 34.6 Å². The maximum atomic E-state index is 13.0. The Labute approximate surface area is 101 Å². The molecule has 1 rings (SSSR count). The van der Waals surface area contributed by atoms with E-state index in [9.17, 15) is 18.0 Å². The van der Waals surface area contributed by atoms with Crippen LogP contribution in [0.15, 0.2) is 18.2 Å². The highest BCUT2D eigenvalue weighted by atomic mass is 35.5. The van der Waals surface area contributed by atoms with E-state index >= 15 is 0 Å². The third-order valence-corrected chi connectivity index (χ3v) is 2.31. The monoisotopic (exact) mass is 266 g/mol. The predicted molar refractivity (Wildman–Crippen MR) is 57.7 cm³/mol. The highest BCUT2D eigenvalue weighted by Gasteiger charge is 2.08. The number of benzene rings is 1. The summed E-state index contributed by atoms with van der Waals surface area (Å²) < 4.78 is 36.5. The molecule has 0 aliphatic carbocycles. The van der Waals surface area contributed by atoms with Crippen molar-refractivity contribution in [1.82, 2.24) is 10.6 Å². The third kappa shape index (κ3) is 4.52. The Morgan fingerprint density at radius 1 is 1.35 bits per heavy atom. The SMILES string of the molecule is O=C(NCc1cccc(F)c1Cl)NCC(F)F. The van der Waals surface area contributed by atoms with E-state index in [1.54, 1.807) is 0 Å². The van der Waals surface area contributed by atoms with E-state index in [-0.39, 0.29) is 11.6 Å². The van der Waals surface area contributed by atoms with Crippen LogP contribution in [-0.2, 0) is 6.54 Å². The molecule has 0 aromatic heterocycles. The summed E-state index contributed by atoms with van der Waals surface area (Å²) in [5, 5.41) is 4.14. The van der Waals surface area contributed by atoms with Gasteiger partial charge < -0.3 is 10.6 Å². The first kappa shape index (κ1) is 13.6. The van der Waals surface area contributed by atoms with Crippen molar-refractivity contribution in [1.29, 1.82) is 0 Å². The Kier molecular flexibility index (Phi) is 5.09. The molecule has 7 heteroatoms. The number of nitrogens with one attached hydrogen (secondary N) is 2. The van der Waals surface area contributed by atoms with Crippen molar-refractivity contribution < 1.29 is 18.0 Å². The summed E-state index contributed by atoms with van der Waals surface area (Å²) in [4.78, 5) is 11.0. The fourth-order valence-corrected chi connectivity index (χ4v) is 1.29. The Morgan fingerprint density at radius 2 is 2.06 bits per heavy atom. The van der Waals surface area contributed by atoms with Crippen LogP contribution in [0.4, 0.5) is 18.0 Å². The predicted octanol–water partition coefficient (Wildman–Crippen LogP) is 2.54. The van der Waals surface area contributed by atoms with E-state index in [0.717, 1.165) is 0 Å². The summed E-state index contributed by atoms with van der Waals surface area (Å²) in [6, 6.07) is 3.39. The molecule has 1 aromatic rings. The number of amides is 2. The topological polar surface area (TPSA) is 41.1 Å². The molecule has 0 atom stereocenters. The van der Waals surface area contributed by atoms with Crippen LogP contribution in [0.2, 0.25) is 5.02 Å². The Balaban J connectivity index is 2.45. The molecule has 0 unspecified atom stereocenters. The summed E-state index contributed by atoms with van der Waals surface area (Å²) in [5.74, 6) is -0.598. The Hall–Kier alpha value is -1.43. The minimum atomic E-state index is -2.61. The summed E-state index contributed by atoms with van der Waals surface area (Å²) >= 11 is 5.64. The van der Waals surface area contributed by atoms with Gasteiger partial charge in [-0.1, -0.05) is 23.7 Å². The first-order valence-electron chi connectivity index (χ1n) is 4.73. The molecule has 1 aromatic carbocycles. The van der Waals surface area contributed by atoms with E-state index in [1.165, 1.54) is 18.2 Å². The van der Waals surface area contributed by atoms with E-state index in [4.69, 9.17) is 11.6 Å². The van der Waals surface area contributed by atoms with Gasteiger partial charge in [0.15, 0.2) is 0 Å². The number of halogens is 4. The molecule has 0 spiro atoms. The highest BCUT2D eigenvalue weighted by molar-refractivity contribution is 6.31. The fourth-order valence-electron chi connectivity index (χ4n) is 1.09. The lowest BCUT2D eigenvalue weighted by Gasteiger charge is -2.08. The smallest absolute Gasteiger partial charge is 0.315 e. The van der Waals surface area contributed by atoms with Crippen molar-refractivity contribution in [2.75, 3.05) is 6.54 Å². The number of rotatable bonds is 4. The molecule has 0 aliphatic rings. The molecule has 0 heterocycles. The number of urea groups is 1. The summed E-state index contributed by atoms with van der Waals surface area (Å²) in [6.07, 6.45) is -2.61. The van der Waals surface area contributed by atoms with Crippen LogP contribution in [0.25, 0.3) is 0 Å². The van der Waals surface area contributed by atoms with Crippen LogP contribution < -0.4 is 10.6 Å². The normalized spacial score (nSPS) is 10.4. The lowest BCUT2D eigenvalue weighted by Crippen LogP contribution is -2.37. The van der Waals surface area contributed by atoms with Gasteiger partial charge in [0.2, 0.25) is 0 Å². The molecule has 0 aliphatic heterocycles. The second-order valence-electron chi connectivity index (χ2n) is 3.17. The average Bonchev–Trinajstić information content (AvgIpc) is 2.28. The number of hydrogen-bond donors (Lipinski definition) is 2. The highest BCUT2D eigenvalue weighted by Crippen LogP contribution is 2.19. The van der Waals surface area contributed by atoms with Gasteiger partial charge in [-0.2, -0.15) is 0 Å². The molecular weight excluding hydrogens is 257 g/mol. The quantitative estimate of drug-likeness (QED) is 0.864. The van der Waals surface area contributed by atoms with Crippen LogP contribution in [0.3, 0.4) is 0 Å². The number of carbonyl (C=O) groups is 1. The molecule has 2 N–H and O–H groups in total. The second kappa shape index (κ2) is 6.34. The van der Waals surface area contributed by atoms with E-state index < -0.39 is 24.8 Å². The van der Waals surface area contributed by atoms with Gasteiger partial charge in [0, 0.05) is 6.54 Å². The zero-order chi connectivity index (χ0) is 12.8. The molecule has 0 fully saturated rings. The molecular formula is C10H10ClF3N2O. The zero-order valence-electron chi connectivity index (χ0n) is 8.64. The summed E-state index contributed by atoms with van der Waals surface area (Å²) in [7, 11) is 0. The van der Waals surface area contributed by atoms with Crippen molar-refractivity contribution >= 4 is 17.6 Å². The summed E-state index contributed by atoms with van der Waals surface area (Å²) in [5.41, 5.74) is 0.374. The Bertz CT molecular complexity index is 401.